The predicted molar refractivity (Wildman–Crippen MR) is 41.4 cm³/mol. The van der Waals surface area contributed by atoms with E-state index in [0.717, 1.165) is 0 Å². The second-order valence-electron chi connectivity index (χ2n) is 2.33. The summed E-state index contributed by atoms with van der Waals surface area (Å²) in [4.78, 5) is 10.7. The number of hydrogen-bond acceptors (Lipinski definition) is 2. The van der Waals surface area contributed by atoms with E-state index in [1.54, 1.807) is 19.1 Å². The van der Waals surface area contributed by atoms with Crippen LogP contribution in [0, 0.1) is 6.92 Å². The Morgan fingerprint density at radius 2 is 2.18 bits per heavy atom. The van der Waals surface area contributed by atoms with E-state index in [1.807, 2.05) is 0 Å². The van der Waals surface area contributed by atoms with Crippen molar-refractivity contribution in [3.05, 3.63) is 29.3 Å². The van der Waals surface area contributed by atoms with Gasteiger partial charge in [0.05, 0.1) is 5.56 Å². The van der Waals surface area contributed by atoms with Crippen LogP contribution in [0.3, 0.4) is 0 Å². The molecule has 0 saturated carbocycles. The first kappa shape index (κ1) is 7.60. The molecule has 1 aromatic carbocycles. The molecular weight excluding hydrogens is 142 g/mol. The van der Waals surface area contributed by atoms with Crippen LogP contribution in [0.1, 0.15) is 15.9 Å². The molecule has 0 aromatic heterocycles. The average molecular weight is 151 g/mol. The van der Waals surface area contributed by atoms with Crippen LogP contribution in [0.25, 0.3) is 0 Å². The Kier molecular flexibility index (Phi) is 1.81. The van der Waals surface area contributed by atoms with Gasteiger partial charge in [-0.3, -0.25) is 4.79 Å². The zero-order valence-corrected chi connectivity index (χ0v) is 6.16. The van der Waals surface area contributed by atoms with Crippen LogP contribution in [0.4, 0.5) is 0 Å². The summed E-state index contributed by atoms with van der Waals surface area (Å²) in [6.45, 7) is 1.72. The third-order valence-electron chi connectivity index (χ3n) is 1.50. The normalized spacial score (nSPS) is 9.55. The zero-order valence-electron chi connectivity index (χ0n) is 6.16. The number of amides is 1. The smallest absolute Gasteiger partial charge is 0.252 e. The molecule has 11 heavy (non-hydrogen) atoms. The molecular formula is C8H9NO2. The first-order valence-corrected chi connectivity index (χ1v) is 3.21. The molecule has 0 aliphatic carbocycles. The molecule has 0 aliphatic heterocycles. The maximum atomic E-state index is 10.7. The number of hydrogen-bond donors (Lipinski definition) is 2. The number of aryl methyl sites for hydroxylation is 1. The molecule has 0 heterocycles. The number of phenols is 1. The van der Waals surface area contributed by atoms with Gasteiger partial charge in [-0.1, -0.05) is 12.1 Å². The summed E-state index contributed by atoms with van der Waals surface area (Å²) in [6, 6.07) is 4.82. The maximum Gasteiger partial charge on any atom is 0.252 e. The number of carbonyl (C=O) groups excluding carboxylic acids is 1. The number of primary amides is 1. The Bertz CT molecular complexity index is 274. The molecule has 3 N–H and O–H groups in total. The Morgan fingerprint density at radius 1 is 1.55 bits per heavy atom. The number of carbonyl (C=O) groups is 1. The molecule has 1 amide bonds. The van der Waals surface area contributed by atoms with Crippen LogP contribution in [0.5, 0.6) is 5.75 Å². The molecule has 58 valence electrons. The van der Waals surface area contributed by atoms with Gasteiger partial charge in [0.15, 0.2) is 0 Å². The fourth-order valence-electron chi connectivity index (χ4n) is 0.973. The van der Waals surface area contributed by atoms with E-state index >= 15 is 0 Å². The molecule has 0 radical (unpaired) electrons. The molecule has 0 bridgehead atoms. The summed E-state index contributed by atoms with van der Waals surface area (Å²) in [5.41, 5.74) is 5.91. The van der Waals surface area contributed by atoms with E-state index in [9.17, 15) is 4.79 Å². The lowest BCUT2D eigenvalue weighted by molar-refractivity contribution is 0.0997. The number of rotatable bonds is 1. The van der Waals surface area contributed by atoms with Gasteiger partial charge in [0.1, 0.15) is 5.75 Å². The SMILES string of the molecule is Cc1cccc(O)c1C(N)=O. The second kappa shape index (κ2) is 2.62. The third kappa shape index (κ3) is 1.32. The highest BCUT2D eigenvalue weighted by molar-refractivity contribution is 5.96. The van der Waals surface area contributed by atoms with E-state index in [1.165, 1.54) is 6.07 Å². The van der Waals surface area contributed by atoms with Gasteiger partial charge in [0.2, 0.25) is 0 Å². The van der Waals surface area contributed by atoms with Gasteiger partial charge < -0.3 is 10.8 Å². The largest absolute Gasteiger partial charge is 0.507 e. The molecule has 3 heteroatoms. The zero-order chi connectivity index (χ0) is 8.43. The van der Waals surface area contributed by atoms with Gasteiger partial charge in [-0.2, -0.15) is 0 Å². The van der Waals surface area contributed by atoms with E-state index in [4.69, 9.17) is 10.8 Å². The van der Waals surface area contributed by atoms with Crippen molar-refractivity contribution < 1.29 is 9.90 Å². The van der Waals surface area contributed by atoms with Gasteiger partial charge in [-0.15, -0.1) is 0 Å². The van der Waals surface area contributed by atoms with Crippen LogP contribution < -0.4 is 5.73 Å². The Labute approximate surface area is 64.5 Å². The molecule has 1 rings (SSSR count). The summed E-state index contributed by atoms with van der Waals surface area (Å²) in [5.74, 6) is -0.655. The van der Waals surface area contributed by atoms with Gasteiger partial charge >= 0.3 is 0 Å². The van der Waals surface area contributed by atoms with Crippen molar-refractivity contribution in [2.24, 2.45) is 5.73 Å². The van der Waals surface area contributed by atoms with E-state index in [-0.39, 0.29) is 11.3 Å². The van der Waals surface area contributed by atoms with Crippen molar-refractivity contribution in [3.63, 3.8) is 0 Å². The molecule has 1 aromatic rings. The highest BCUT2D eigenvalue weighted by atomic mass is 16.3. The van der Waals surface area contributed by atoms with Crippen molar-refractivity contribution in [3.8, 4) is 5.75 Å². The summed E-state index contributed by atoms with van der Waals surface area (Å²) >= 11 is 0. The highest BCUT2D eigenvalue weighted by Gasteiger charge is 2.08. The van der Waals surface area contributed by atoms with Crippen LogP contribution in [-0.2, 0) is 0 Å². The lowest BCUT2D eigenvalue weighted by atomic mass is 10.1. The van der Waals surface area contributed by atoms with Gasteiger partial charge in [0, 0.05) is 0 Å². The van der Waals surface area contributed by atoms with Crippen molar-refractivity contribution in [2.45, 2.75) is 6.92 Å². The molecule has 0 atom stereocenters. The maximum absolute atomic E-state index is 10.7. The first-order chi connectivity index (χ1) is 5.13. The molecule has 0 fully saturated rings. The topological polar surface area (TPSA) is 63.3 Å². The van der Waals surface area contributed by atoms with Crippen LogP contribution in [0.2, 0.25) is 0 Å². The Hall–Kier alpha value is -1.51. The summed E-state index contributed by atoms with van der Waals surface area (Å²) in [5, 5.41) is 9.16. The fraction of sp³-hybridized carbons (Fsp3) is 0.125. The number of aromatic hydroxyl groups is 1. The number of benzene rings is 1. The van der Waals surface area contributed by atoms with E-state index < -0.39 is 5.91 Å². The van der Waals surface area contributed by atoms with Crippen molar-refractivity contribution in [2.75, 3.05) is 0 Å². The lowest BCUT2D eigenvalue weighted by Gasteiger charge is -2.02. The van der Waals surface area contributed by atoms with Crippen LogP contribution >= 0.6 is 0 Å². The molecule has 0 spiro atoms. The van der Waals surface area contributed by atoms with Gasteiger partial charge in [-0.25, -0.2) is 0 Å². The molecule has 0 aliphatic rings. The molecule has 0 unspecified atom stereocenters. The summed E-state index contributed by atoms with van der Waals surface area (Å²) in [7, 11) is 0. The molecule has 0 saturated heterocycles. The van der Waals surface area contributed by atoms with E-state index in [0.29, 0.717) is 5.56 Å². The van der Waals surface area contributed by atoms with Crippen molar-refractivity contribution >= 4 is 5.91 Å². The first-order valence-electron chi connectivity index (χ1n) is 3.21. The summed E-state index contributed by atoms with van der Waals surface area (Å²) in [6.07, 6.45) is 0. The monoisotopic (exact) mass is 151 g/mol. The number of nitrogens with two attached hydrogens (primary N) is 1. The average Bonchev–Trinajstić information content (AvgIpc) is 1.85. The van der Waals surface area contributed by atoms with Crippen molar-refractivity contribution in [1.82, 2.24) is 0 Å². The minimum atomic E-state index is -0.597. The van der Waals surface area contributed by atoms with Crippen LogP contribution in [-0.4, -0.2) is 11.0 Å². The Morgan fingerprint density at radius 3 is 2.55 bits per heavy atom. The fourth-order valence-corrected chi connectivity index (χ4v) is 0.973. The standard InChI is InChI=1S/C8H9NO2/c1-5-3-2-4-6(10)7(5)8(9)11/h2-4,10H,1H3,(H2,9,11). The highest BCUT2D eigenvalue weighted by Crippen LogP contribution is 2.18. The minimum absolute atomic E-state index is 0.0579. The van der Waals surface area contributed by atoms with Gasteiger partial charge in [-0.05, 0) is 18.6 Å². The summed E-state index contributed by atoms with van der Waals surface area (Å²) < 4.78 is 0. The lowest BCUT2D eigenvalue weighted by Crippen LogP contribution is -2.12. The van der Waals surface area contributed by atoms with Gasteiger partial charge in [0.25, 0.3) is 5.91 Å². The van der Waals surface area contributed by atoms with E-state index in [2.05, 4.69) is 0 Å². The quantitative estimate of drug-likeness (QED) is 0.623. The van der Waals surface area contributed by atoms with Crippen molar-refractivity contribution in [1.29, 1.82) is 0 Å². The Balaban J connectivity index is 3.32. The minimum Gasteiger partial charge on any atom is -0.507 e. The molecule has 3 nitrogen and oxygen atoms in total. The third-order valence-corrected chi connectivity index (χ3v) is 1.50. The predicted octanol–water partition coefficient (Wildman–Crippen LogP) is 0.800. The second-order valence-corrected chi connectivity index (χ2v) is 2.33. The van der Waals surface area contributed by atoms with Crippen LogP contribution in [0.15, 0.2) is 18.2 Å².